The summed E-state index contributed by atoms with van der Waals surface area (Å²) in [4.78, 5) is 11.3. The molecule has 1 unspecified atom stereocenters. The second-order valence-electron chi connectivity index (χ2n) is 4.43. The topological polar surface area (TPSA) is 64.3 Å². The predicted octanol–water partition coefficient (Wildman–Crippen LogP) is 2.33. The van der Waals surface area contributed by atoms with Crippen molar-refractivity contribution < 1.29 is 9.53 Å². The van der Waals surface area contributed by atoms with Gasteiger partial charge in [0.15, 0.2) is 0 Å². The molecule has 0 aromatic heterocycles. The van der Waals surface area contributed by atoms with E-state index in [1.54, 1.807) is 6.07 Å². The van der Waals surface area contributed by atoms with Crippen LogP contribution in [0.1, 0.15) is 32.3 Å². The molecule has 4 nitrogen and oxygen atoms in total. The second-order valence-corrected chi connectivity index (χ2v) is 4.43. The van der Waals surface area contributed by atoms with Gasteiger partial charge >= 0.3 is 0 Å². The quantitative estimate of drug-likeness (QED) is 0.789. The SMILES string of the molecule is CCC(C)Oc1cc2c(cc1N)NC(=O)CC2. The van der Waals surface area contributed by atoms with Crippen molar-refractivity contribution in [3.05, 3.63) is 17.7 Å². The summed E-state index contributed by atoms with van der Waals surface area (Å²) >= 11 is 0. The molecule has 4 heteroatoms. The third-order valence-electron chi connectivity index (χ3n) is 3.03. The molecule has 0 aliphatic carbocycles. The number of nitrogens with one attached hydrogen (secondary N) is 1. The number of benzene rings is 1. The highest BCUT2D eigenvalue weighted by Gasteiger charge is 2.17. The van der Waals surface area contributed by atoms with Gasteiger partial charge in [-0.15, -0.1) is 0 Å². The number of anilines is 2. The molecular formula is C13H18N2O2. The molecule has 1 amide bonds. The first-order chi connectivity index (χ1) is 8.10. The average Bonchev–Trinajstić information content (AvgIpc) is 2.30. The van der Waals surface area contributed by atoms with Gasteiger partial charge in [-0.2, -0.15) is 0 Å². The number of fused-ring (bicyclic) bond motifs is 1. The summed E-state index contributed by atoms with van der Waals surface area (Å²) in [6.07, 6.45) is 2.36. The third-order valence-corrected chi connectivity index (χ3v) is 3.03. The zero-order chi connectivity index (χ0) is 12.4. The normalized spacial score (nSPS) is 16.0. The third kappa shape index (κ3) is 2.52. The first-order valence-corrected chi connectivity index (χ1v) is 5.99. The molecule has 1 atom stereocenters. The van der Waals surface area contributed by atoms with Gasteiger partial charge in [0.2, 0.25) is 5.91 Å². The maximum Gasteiger partial charge on any atom is 0.224 e. The van der Waals surface area contributed by atoms with Crippen LogP contribution < -0.4 is 15.8 Å². The Balaban J connectivity index is 2.27. The van der Waals surface area contributed by atoms with Crippen molar-refractivity contribution in [3.63, 3.8) is 0 Å². The van der Waals surface area contributed by atoms with Crippen LogP contribution in [-0.2, 0) is 11.2 Å². The van der Waals surface area contributed by atoms with Crippen molar-refractivity contribution in [2.45, 2.75) is 39.2 Å². The number of hydrogen-bond donors (Lipinski definition) is 2. The number of nitrogens with two attached hydrogens (primary N) is 1. The van der Waals surface area contributed by atoms with Gasteiger partial charge in [0, 0.05) is 12.1 Å². The lowest BCUT2D eigenvalue weighted by molar-refractivity contribution is -0.116. The molecule has 0 saturated heterocycles. The van der Waals surface area contributed by atoms with E-state index < -0.39 is 0 Å². The fourth-order valence-corrected chi connectivity index (χ4v) is 1.82. The van der Waals surface area contributed by atoms with E-state index in [9.17, 15) is 4.79 Å². The van der Waals surface area contributed by atoms with Crippen LogP contribution in [0.2, 0.25) is 0 Å². The van der Waals surface area contributed by atoms with Crippen LogP contribution >= 0.6 is 0 Å². The zero-order valence-electron chi connectivity index (χ0n) is 10.2. The van der Waals surface area contributed by atoms with Crippen LogP contribution in [0.15, 0.2) is 12.1 Å². The highest BCUT2D eigenvalue weighted by molar-refractivity contribution is 5.94. The Kier molecular flexibility index (Phi) is 3.22. The molecule has 0 fully saturated rings. The van der Waals surface area contributed by atoms with Crippen LogP contribution in [0.25, 0.3) is 0 Å². The van der Waals surface area contributed by atoms with E-state index in [4.69, 9.17) is 10.5 Å². The Labute approximate surface area is 101 Å². The van der Waals surface area contributed by atoms with E-state index in [1.165, 1.54) is 0 Å². The molecule has 0 spiro atoms. The Bertz CT molecular complexity index is 443. The van der Waals surface area contributed by atoms with E-state index in [-0.39, 0.29) is 12.0 Å². The number of carbonyl (C=O) groups excluding carboxylic acids is 1. The van der Waals surface area contributed by atoms with Crippen molar-refractivity contribution in [1.29, 1.82) is 0 Å². The van der Waals surface area contributed by atoms with Gasteiger partial charge in [-0.05, 0) is 37.5 Å². The molecule has 2 rings (SSSR count). The lowest BCUT2D eigenvalue weighted by atomic mass is 10.0. The van der Waals surface area contributed by atoms with Crippen LogP contribution in [0.5, 0.6) is 5.75 Å². The number of aryl methyl sites for hydroxylation is 1. The summed E-state index contributed by atoms with van der Waals surface area (Å²) in [6, 6.07) is 3.72. The first kappa shape index (κ1) is 11.8. The Morgan fingerprint density at radius 2 is 2.24 bits per heavy atom. The maximum absolute atomic E-state index is 11.3. The monoisotopic (exact) mass is 234 g/mol. The number of nitrogen functional groups attached to an aromatic ring is 1. The average molecular weight is 234 g/mol. The molecule has 92 valence electrons. The van der Waals surface area contributed by atoms with Gasteiger partial charge < -0.3 is 15.8 Å². The lowest BCUT2D eigenvalue weighted by Gasteiger charge is -2.21. The molecule has 17 heavy (non-hydrogen) atoms. The minimum absolute atomic E-state index is 0.0486. The van der Waals surface area contributed by atoms with E-state index in [2.05, 4.69) is 12.2 Å². The Morgan fingerprint density at radius 1 is 1.47 bits per heavy atom. The summed E-state index contributed by atoms with van der Waals surface area (Å²) in [5.41, 5.74) is 8.40. The van der Waals surface area contributed by atoms with Gasteiger partial charge in [-0.1, -0.05) is 6.92 Å². The van der Waals surface area contributed by atoms with Crippen molar-refractivity contribution >= 4 is 17.3 Å². The van der Waals surface area contributed by atoms with Crippen LogP contribution in [0, 0.1) is 0 Å². The molecule has 1 aliphatic rings. The zero-order valence-corrected chi connectivity index (χ0v) is 10.2. The molecule has 1 aliphatic heterocycles. The molecule has 3 N–H and O–H groups in total. The van der Waals surface area contributed by atoms with Gasteiger partial charge in [0.05, 0.1) is 11.8 Å². The molecule has 1 heterocycles. The molecular weight excluding hydrogens is 216 g/mol. The fourth-order valence-electron chi connectivity index (χ4n) is 1.82. The Morgan fingerprint density at radius 3 is 2.94 bits per heavy atom. The molecule has 1 aromatic carbocycles. The minimum Gasteiger partial charge on any atom is -0.489 e. The summed E-state index contributed by atoms with van der Waals surface area (Å²) in [6.45, 7) is 4.08. The van der Waals surface area contributed by atoms with Crippen molar-refractivity contribution in [3.8, 4) is 5.75 Å². The molecule has 1 aromatic rings. The van der Waals surface area contributed by atoms with Crippen LogP contribution in [0.4, 0.5) is 11.4 Å². The van der Waals surface area contributed by atoms with E-state index in [0.29, 0.717) is 17.9 Å². The standard InChI is InChI=1S/C13H18N2O2/c1-3-8(2)17-12-6-9-4-5-13(16)15-11(9)7-10(12)14/h6-8H,3-5,14H2,1-2H3,(H,15,16). The summed E-state index contributed by atoms with van der Waals surface area (Å²) in [5.74, 6) is 0.766. The summed E-state index contributed by atoms with van der Waals surface area (Å²) in [5, 5.41) is 2.82. The first-order valence-electron chi connectivity index (χ1n) is 5.99. The van der Waals surface area contributed by atoms with Gasteiger partial charge in [-0.25, -0.2) is 0 Å². The summed E-state index contributed by atoms with van der Waals surface area (Å²) < 4.78 is 5.75. The molecule has 0 radical (unpaired) electrons. The molecule has 0 bridgehead atoms. The van der Waals surface area contributed by atoms with E-state index >= 15 is 0 Å². The predicted molar refractivity (Wildman–Crippen MR) is 68.2 cm³/mol. The fraction of sp³-hybridized carbons (Fsp3) is 0.462. The number of carbonyl (C=O) groups is 1. The second kappa shape index (κ2) is 4.65. The summed E-state index contributed by atoms with van der Waals surface area (Å²) in [7, 11) is 0. The van der Waals surface area contributed by atoms with Crippen LogP contribution in [-0.4, -0.2) is 12.0 Å². The van der Waals surface area contributed by atoms with Crippen LogP contribution in [0.3, 0.4) is 0 Å². The Hall–Kier alpha value is -1.71. The lowest BCUT2D eigenvalue weighted by Crippen LogP contribution is -2.20. The molecule has 0 saturated carbocycles. The van der Waals surface area contributed by atoms with Crippen molar-refractivity contribution in [1.82, 2.24) is 0 Å². The maximum atomic E-state index is 11.3. The minimum atomic E-state index is 0.0486. The van der Waals surface area contributed by atoms with E-state index in [0.717, 1.165) is 24.1 Å². The number of rotatable bonds is 3. The largest absolute Gasteiger partial charge is 0.489 e. The smallest absolute Gasteiger partial charge is 0.224 e. The van der Waals surface area contributed by atoms with Gasteiger partial charge in [0.1, 0.15) is 5.75 Å². The number of ether oxygens (including phenoxy) is 1. The van der Waals surface area contributed by atoms with Crippen molar-refractivity contribution in [2.75, 3.05) is 11.1 Å². The van der Waals surface area contributed by atoms with Gasteiger partial charge in [-0.3, -0.25) is 4.79 Å². The highest BCUT2D eigenvalue weighted by atomic mass is 16.5. The number of hydrogen-bond acceptors (Lipinski definition) is 3. The van der Waals surface area contributed by atoms with Crippen molar-refractivity contribution in [2.24, 2.45) is 0 Å². The highest BCUT2D eigenvalue weighted by Crippen LogP contribution is 2.33. The van der Waals surface area contributed by atoms with E-state index in [1.807, 2.05) is 13.0 Å². The number of amides is 1. The van der Waals surface area contributed by atoms with Gasteiger partial charge in [0.25, 0.3) is 0 Å².